The summed E-state index contributed by atoms with van der Waals surface area (Å²) in [7, 11) is 0. The van der Waals surface area contributed by atoms with E-state index in [2.05, 4.69) is 22.4 Å². The third kappa shape index (κ3) is 4.41. The van der Waals surface area contributed by atoms with Gasteiger partial charge in [0.2, 0.25) is 5.82 Å². The van der Waals surface area contributed by atoms with Gasteiger partial charge in [-0.05, 0) is 61.6 Å². The summed E-state index contributed by atoms with van der Waals surface area (Å²) >= 11 is 1.66. The molecule has 1 unspecified atom stereocenters. The minimum absolute atomic E-state index is 0.193. The van der Waals surface area contributed by atoms with Gasteiger partial charge in [-0.25, -0.2) is 9.18 Å². The van der Waals surface area contributed by atoms with E-state index in [4.69, 9.17) is 4.52 Å². The Morgan fingerprint density at radius 2 is 1.88 bits per heavy atom. The number of carbonyl (C=O) groups is 1. The largest absolute Gasteiger partial charge is 0.334 e. The van der Waals surface area contributed by atoms with Crippen LogP contribution in [-0.2, 0) is 0 Å². The Bertz CT molecular complexity index is 1130. The molecule has 0 saturated carbocycles. The normalized spacial score (nSPS) is 16.4. The van der Waals surface area contributed by atoms with Crippen LogP contribution in [0.25, 0.3) is 17.0 Å². The molecule has 1 aliphatic heterocycles. The molecule has 0 aliphatic carbocycles. The van der Waals surface area contributed by atoms with Gasteiger partial charge in [-0.15, -0.1) is 11.8 Å². The lowest BCUT2D eigenvalue weighted by Gasteiger charge is -2.35. The first-order chi connectivity index (χ1) is 15.5. The van der Waals surface area contributed by atoms with Crippen molar-refractivity contribution < 1.29 is 13.7 Å². The molecule has 1 aromatic heterocycles. The van der Waals surface area contributed by atoms with E-state index in [0.29, 0.717) is 23.8 Å². The third-order valence-electron chi connectivity index (χ3n) is 5.54. The van der Waals surface area contributed by atoms with E-state index >= 15 is 0 Å². The summed E-state index contributed by atoms with van der Waals surface area (Å²) in [6.07, 6.45) is 3.86. The van der Waals surface area contributed by atoms with Crippen LogP contribution < -0.4 is 5.32 Å². The van der Waals surface area contributed by atoms with E-state index < -0.39 is 6.04 Å². The van der Waals surface area contributed by atoms with Crippen molar-refractivity contribution in [2.24, 2.45) is 0 Å². The van der Waals surface area contributed by atoms with Crippen LogP contribution in [0.1, 0.15) is 44.2 Å². The summed E-state index contributed by atoms with van der Waals surface area (Å²) in [6, 6.07) is 13.3. The zero-order chi connectivity index (χ0) is 22.7. The Balaban J connectivity index is 1.76. The molecule has 8 heteroatoms. The van der Waals surface area contributed by atoms with Gasteiger partial charge in [0.25, 0.3) is 5.89 Å². The Labute approximate surface area is 190 Å². The van der Waals surface area contributed by atoms with Crippen molar-refractivity contribution in [1.82, 2.24) is 20.4 Å². The lowest BCUT2D eigenvalue weighted by atomic mass is 9.94. The summed E-state index contributed by atoms with van der Waals surface area (Å²) < 4.78 is 19.2. The Kier molecular flexibility index (Phi) is 6.60. The summed E-state index contributed by atoms with van der Waals surface area (Å²) in [4.78, 5) is 20.4. The molecule has 32 heavy (non-hydrogen) atoms. The average Bonchev–Trinajstić information content (AvgIpc) is 3.29. The van der Waals surface area contributed by atoms with Crippen LogP contribution in [0.5, 0.6) is 0 Å². The molecular formula is C24H25FN4O2S. The molecule has 2 amide bonds. The van der Waals surface area contributed by atoms with Gasteiger partial charge < -0.3 is 9.84 Å². The van der Waals surface area contributed by atoms with Crippen molar-refractivity contribution in [3.05, 3.63) is 71.5 Å². The predicted molar refractivity (Wildman–Crippen MR) is 123 cm³/mol. The number of nitrogens with one attached hydrogen (secondary N) is 1. The fraction of sp³-hybridized carbons (Fsp3) is 0.292. The maximum absolute atomic E-state index is 13.5. The molecule has 0 bridgehead atoms. The van der Waals surface area contributed by atoms with Gasteiger partial charge in [-0.2, -0.15) is 4.98 Å². The van der Waals surface area contributed by atoms with Gasteiger partial charge >= 0.3 is 6.03 Å². The van der Waals surface area contributed by atoms with Gasteiger partial charge in [-0.3, -0.25) is 4.90 Å². The van der Waals surface area contributed by atoms with E-state index in [0.717, 1.165) is 34.6 Å². The molecule has 166 valence electrons. The zero-order valence-corrected chi connectivity index (χ0v) is 19.1. The molecule has 0 fully saturated rings. The summed E-state index contributed by atoms with van der Waals surface area (Å²) in [5.41, 5.74) is 3.06. The Morgan fingerprint density at radius 1 is 1.16 bits per heavy atom. The van der Waals surface area contributed by atoms with Crippen LogP contribution in [0.2, 0.25) is 0 Å². The number of unbranched alkanes of at least 4 members (excludes halogenated alkanes) is 1. The number of carbonyl (C=O) groups excluding carboxylic acids is 1. The first-order valence-electron chi connectivity index (χ1n) is 10.5. The fourth-order valence-electron chi connectivity index (χ4n) is 3.74. The lowest BCUT2D eigenvalue weighted by Crippen LogP contribution is -2.46. The molecule has 0 saturated heterocycles. The standard InChI is InChI=1S/C24H25FN4O2S/c1-4-5-14-29-15(2)20(21(26-24(29)30)16-6-10-18(25)11-7-16)23-27-22(28-31-23)17-8-12-19(32-3)13-9-17/h6-13,21H,4-5,14H2,1-3H3,(H,26,30). The molecule has 1 N–H and O–H groups in total. The van der Waals surface area contributed by atoms with Crippen molar-refractivity contribution in [1.29, 1.82) is 0 Å². The van der Waals surface area contributed by atoms with E-state index in [9.17, 15) is 9.18 Å². The van der Waals surface area contributed by atoms with Crippen molar-refractivity contribution in [3.8, 4) is 11.4 Å². The second-order valence-electron chi connectivity index (χ2n) is 7.59. The number of hydrogen-bond acceptors (Lipinski definition) is 5. The summed E-state index contributed by atoms with van der Waals surface area (Å²) in [5, 5.41) is 7.21. The van der Waals surface area contributed by atoms with E-state index in [1.165, 1.54) is 12.1 Å². The smallest absolute Gasteiger partial charge is 0.322 e. The topological polar surface area (TPSA) is 71.3 Å². The van der Waals surface area contributed by atoms with Crippen molar-refractivity contribution >= 4 is 23.4 Å². The zero-order valence-electron chi connectivity index (χ0n) is 18.3. The molecule has 1 atom stereocenters. The van der Waals surface area contributed by atoms with E-state index in [1.807, 2.05) is 37.4 Å². The molecular weight excluding hydrogens is 427 g/mol. The monoisotopic (exact) mass is 452 g/mol. The maximum atomic E-state index is 13.5. The first kappa shape index (κ1) is 22.1. The molecule has 6 nitrogen and oxygen atoms in total. The number of hydrogen-bond donors (Lipinski definition) is 1. The minimum Gasteiger partial charge on any atom is -0.334 e. The van der Waals surface area contributed by atoms with Crippen LogP contribution in [0.3, 0.4) is 0 Å². The van der Waals surface area contributed by atoms with Crippen LogP contribution in [-0.4, -0.2) is 33.9 Å². The van der Waals surface area contributed by atoms with Gasteiger partial charge in [0.05, 0.1) is 11.6 Å². The molecule has 2 aromatic carbocycles. The molecule has 0 spiro atoms. The summed E-state index contributed by atoms with van der Waals surface area (Å²) in [5.74, 6) is 0.474. The minimum atomic E-state index is -0.520. The van der Waals surface area contributed by atoms with Gasteiger partial charge in [0, 0.05) is 22.7 Å². The molecule has 1 aliphatic rings. The van der Waals surface area contributed by atoms with Crippen LogP contribution in [0.4, 0.5) is 9.18 Å². The van der Waals surface area contributed by atoms with Crippen molar-refractivity contribution in [2.75, 3.05) is 12.8 Å². The lowest BCUT2D eigenvalue weighted by molar-refractivity contribution is 0.204. The molecule has 4 rings (SSSR count). The second kappa shape index (κ2) is 9.56. The number of aromatic nitrogens is 2. The van der Waals surface area contributed by atoms with E-state index in [1.54, 1.807) is 28.8 Å². The quantitative estimate of drug-likeness (QED) is 0.452. The average molecular weight is 453 g/mol. The van der Waals surface area contributed by atoms with Crippen LogP contribution >= 0.6 is 11.8 Å². The molecule has 2 heterocycles. The van der Waals surface area contributed by atoms with Gasteiger partial charge in [0.15, 0.2) is 0 Å². The maximum Gasteiger partial charge on any atom is 0.322 e. The van der Waals surface area contributed by atoms with Crippen LogP contribution in [0.15, 0.2) is 63.6 Å². The number of halogens is 1. The molecule has 3 aromatic rings. The fourth-order valence-corrected chi connectivity index (χ4v) is 4.15. The van der Waals surface area contributed by atoms with Crippen molar-refractivity contribution in [2.45, 2.75) is 37.6 Å². The predicted octanol–water partition coefficient (Wildman–Crippen LogP) is 5.90. The number of thioether (sulfide) groups is 1. The molecule has 0 radical (unpaired) electrons. The Hall–Kier alpha value is -3.13. The number of allylic oxidation sites excluding steroid dienone is 1. The highest BCUT2D eigenvalue weighted by atomic mass is 32.2. The number of nitrogens with zero attached hydrogens (tertiary/aromatic N) is 3. The number of amides is 2. The van der Waals surface area contributed by atoms with Gasteiger partial charge in [0.1, 0.15) is 5.82 Å². The number of benzene rings is 2. The van der Waals surface area contributed by atoms with Crippen molar-refractivity contribution in [3.63, 3.8) is 0 Å². The first-order valence-corrected chi connectivity index (χ1v) is 11.8. The highest BCUT2D eigenvalue weighted by Crippen LogP contribution is 2.37. The SMILES string of the molecule is CCCCN1C(=O)NC(c2ccc(F)cc2)C(c2nc(-c3ccc(SC)cc3)no2)=C1C. The third-order valence-corrected chi connectivity index (χ3v) is 6.28. The van der Waals surface area contributed by atoms with E-state index in [-0.39, 0.29) is 11.8 Å². The van der Waals surface area contributed by atoms with Gasteiger partial charge in [-0.1, -0.05) is 30.6 Å². The Morgan fingerprint density at radius 3 is 2.53 bits per heavy atom. The summed E-state index contributed by atoms with van der Waals surface area (Å²) in [6.45, 7) is 4.55. The highest BCUT2D eigenvalue weighted by Gasteiger charge is 2.35. The number of rotatable bonds is 7. The number of urea groups is 1. The second-order valence-corrected chi connectivity index (χ2v) is 8.47. The van der Waals surface area contributed by atoms with Crippen LogP contribution in [0, 0.1) is 5.82 Å². The highest BCUT2D eigenvalue weighted by molar-refractivity contribution is 7.98.